The number of benzene rings is 2. The maximum atomic E-state index is 12.5. The lowest BCUT2D eigenvalue weighted by Crippen LogP contribution is -2.31. The largest absolute Gasteiger partial charge is 0.376 e. The van der Waals surface area contributed by atoms with Crippen molar-refractivity contribution in [2.45, 2.75) is 23.8 Å². The van der Waals surface area contributed by atoms with Gasteiger partial charge in [0.25, 0.3) is 21.6 Å². The first-order chi connectivity index (χ1) is 13.3. The number of nitro benzene ring substituents is 1. The maximum absolute atomic E-state index is 12.5. The van der Waals surface area contributed by atoms with E-state index in [0.29, 0.717) is 18.7 Å². The average Bonchev–Trinajstić information content (AvgIpc) is 3.19. The third kappa shape index (κ3) is 4.84. The second kappa shape index (κ2) is 8.36. The molecule has 9 nitrogen and oxygen atoms in total. The van der Waals surface area contributed by atoms with E-state index < -0.39 is 14.9 Å². The summed E-state index contributed by atoms with van der Waals surface area (Å²) < 4.78 is 32.8. The molecule has 2 aromatic rings. The molecule has 1 amide bonds. The standard InChI is InChI=1S/C18H19N3O6S/c22-18(19-12-16-5-2-10-27-16)13-3-1-4-14(11-13)20-28(25,26)17-8-6-15(7-9-17)21(23)24/h1,3-4,6-9,11,16,20H,2,5,10,12H2,(H,19,22). The molecule has 1 aliphatic heterocycles. The van der Waals surface area contributed by atoms with Crippen molar-refractivity contribution in [2.24, 2.45) is 0 Å². The number of hydrogen-bond acceptors (Lipinski definition) is 6. The topological polar surface area (TPSA) is 128 Å². The summed E-state index contributed by atoms with van der Waals surface area (Å²) in [6.07, 6.45) is 1.88. The van der Waals surface area contributed by atoms with Crippen molar-refractivity contribution in [1.82, 2.24) is 5.32 Å². The van der Waals surface area contributed by atoms with Gasteiger partial charge in [-0.3, -0.25) is 19.6 Å². The Hall–Kier alpha value is -2.98. The fourth-order valence-electron chi connectivity index (χ4n) is 2.80. The molecule has 2 N–H and O–H groups in total. The van der Waals surface area contributed by atoms with E-state index in [1.807, 2.05) is 0 Å². The SMILES string of the molecule is O=C(NCC1CCCO1)c1cccc(NS(=O)(=O)c2ccc([N+](=O)[O-])cc2)c1. The molecular weight excluding hydrogens is 386 g/mol. The van der Waals surface area contributed by atoms with Gasteiger partial charge in [0.05, 0.1) is 15.9 Å². The molecule has 1 unspecified atom stereocenters. The zero-order valence-electron chi connectivity index (χ0n) is 14.8. The summed E-state index contributed by atoms with van der Waals surface area (Å²) in [6.45, 7) is 1.10. The van der Waals surface area contributed by atoms with Crippen LogP contribution in [0.5, 0.6) is 0 Å². The molecule has 1 atom stereocenters. The van der Waals surface area contributed by atoms with Crippen molar-refractivity contribution in [1.29, 1.82) is 0 Å². The van der Waals surface area contributed by atoms with Crippen LogP contribution in [0.4, 0.5) is 11.4 Å². The van der Waals surface area contributed by atoms with Crippen LogP contribution in [0.15, 0.2) is 53.4 Å². The van der Waals surface area contributed by atoms with Crippen molar-refractivity contribution < 1.29 is 22.9 Å². The van der Waals surface area contributed by atoms with Gasteiger partial charge in [0.15, 0.2) is 0 Å². The third-order valence-electron chi connectivity index (χ3n) is 4.25. The smallest absolute Gasteiger partial charge is 0.269 e. The summed E-state index contributed by atoms with van der Waals surface area (Å²) in [7, 11) is -3.95. The van der Waals surface area contributed by atoms with E-state index in [4.69, 9.17) is 4.74 Å². The summed E-state index contributed by atoms with van der Waals surface area (Å²) in [5.74, 6) is -0.327. The molecule has 1 saturated heterocycles. The lowest BCUT2D eigenvalue weighted by atomic mass is 10.2. The Morgan fingerprint density at radius 2 is 1.96 bits per heavy atom. The molecule has 10 heteroatoms. The first-order valence-corrected chi connectivity index (χ1v) is 10.1. The van der Waals surface area contributed by atoms with Crippen molar-refractivity contribution in [3.8, 4) is 0 Å². The number of anilines is 1. The molecule has 1 heterocycles. The first kappa shape index (κ1) is 19.8. The molecule has 28 heavy (non-hydrogen) atoms. The average molecular weight is 405 g/mol. The molecule has 0 bridgehead atoms. The Labute approximate surface area is 161 Å². The van der Waals surface area contributed by atoms with Gasteiger partial charge in [-0.15, -0.1) is 0 Å². The van der Waals surface area contributed by atoms with E-state index in [0.717, 1.165) is 37.1 Å². The summed E-state index contributed by atoms with van der Waals surface area (Å²) in [4.78, 5) is 22.2. The Morgan fingerprint density at radius 3 is 2.61 bits per heavy atom. The van der Waals surface area contributed by atoms with E-state index in [2.05, 4.69) is 10.0 Å². The van der Waals surface area contributed by atoms with Crippen LogP contribution in [-0.2, 0) is 14.8 Å². The van der Waals surface area contributed by atoms with Gasteiger partial charge in [0.1, 0.15) is 0 Å². The van der Waals surface area contributed by atoms with Crippen LogP contribution in [0.2, 0.25) is 0 Å². The highest BCUT2D eigenvalue weighted by Gasteiger charge is 2.18. The molecule has 1 fully saturated rings. The number of ether oxygens (including phenoxy) is 1. The molecule has 0 saturated carbocycles. The predicted molar refractivity (Wildman–Crippen MR) is 102 cm³/mol. The van der Waals surface area contributed by atoms with Crippen molar-refractivity contribution >= 4 is 27.3 Å². The molecule has 0 aromatic heterocycles. The Bertz CT molecular complexity index is 969. The highest BCUT2D eigenvalue weighted by Crippen LogP contribution is 2.20. The molecule has 3 rings (SSSR count). The second-order valence-electron chi connectivity index (χ2n) is 6.28. The van der Waals surface area contributed by atoms with Gasteiger partial charge in [0, 0.05) is 36.5 Å². The number of carbonyl (C=O) groups excluding carboxylic acids is 1. The highest BCUT2D eigenvalue weighted by molar-refractivity contribution is 7.92. The lowest BCUT2D eigenvalue weighted by molar-refractivity contribution is -0.384. The van der Waals surface area contributed by atoms with Crippen LogP contribution in [0.25, 0.3) is 0 Å². The van der Waals surface area contributed by atoms with E-state index in [1.165, 1.54) is 12.1 Å². The number of hydrogen-bond donors (Lipinski definition) is 2. The van der Waals surface area contributed by atoms with Gasteiger partial charge in [-0.1, -0.05) is 6.07 Å². The van der Waals surface area contributed by atoms with Crippen LogP contribution in [0.3, 0.4) is 0 Å². The fraction of sp³-hybridized carbons (Fsp3) is 0.278. The van der Waals surface area contributed by atoms with Crippen LogP contribution in [0.1, 0.15) is 23.2 Å². The van der Waals surface area contributed by atoms with Gasteiger partial charge in [-0.2, -0.15) is 0 Å². The normalized spacial score (nSPS) is 16.5. The van der Waals surface area contributed by atoms with E-state index in [1.54, 1.807) is 12.1 Å². The quantitative estimate of drug-likeness (QED) is 0.537. The molecular formula is C18H19N3O6S. The van der Waals surface area contributed by atoms with Gasteiger partial charge in [0.2, 0.25) is 0 Å². The summed E-state index contributed by atoms with van der Waals surface area (Å²) >= 11 is 0. The predicted octanol–water partition coefficient (Wildman–Crippen LogP) is 2.30. The molecule has 0 radical (unpaired) electrons. The van der Waals surface area contributed by atoms with Gasteiger partial charge < -0.3 is 10.1 Å². The van der Waals surface area contributed by atoms with Crippen LogP contribution < -0.4 is 10.0 Å². The zero-order chi connectivity index (χ0) is 20.1. The summed E-state index contributed by atoms with van der Waals surface area (Å²) in [5.41, 5.74) is 0.314. The number of non-ortho nitro benzene ring substituents is 1. The number of nitro groups is 1. The van der Waals surface area contributed by atoms with Gasteiger partial charge >= 0.3 is 0 Å². The molecule has 0 spiro atoms. The van der Waals surface area contributed by atoms with E-state index >= 15 is 0 Å². The number of nitrogens with one attached hydrogen (secondary N) is 2. The fourth-order valence-corrected chi connectivity index (χ4v) is 3.85. The monoisotopic (exact) mass is 405 g/mol. The number of amides is 1. The number of sulfonamides is 1. The highest BCUT2D eigenvalue weighted by atomic mass is 32.2. The Kier molecular flexibility index (Phi) is 5.90. The van der Waals surface area contributed by atoms with Crippen LogP contribution >= 0.6 is 0 Å². The van der Waals surface area contributed by atoms with Crippen molar-refractivity contribution in [3.63, 3.8) is 0 Å². The van der Waals surface area contributed by atoms with Gasteiger partial charge in [-0.05, 0) is 43.2 Å². The van der Waals surface area contributed by atoms with Crippen molar-refractivity contribution in [2.75, 3.05) is 17.9 Å². The van der Waals surface area contributed by atoms with E-state index in [9.17, 15) is 23.3 Å². The maximum Gasteiger partial charge on any atom is 0.269 e. The minimum atomic E-state index is -3.95. The summed E-state index contributed by atoms with van der Waals surface area (Å²) in [6, 6.07) is 10.6. The Morgan fingerprint density at radius 1 is 1.21 bits per heavy atom. The lowest BCUT2D eigenvalue weighted by Gasteiger charge is -2.12. The van der Waals surface area contributed by atoms with Gasteiger partial charge in [-0.25, -0.2) is 8.42 Å². The minimum absolute atomic E-state index is 0.00720. The zero-order valence-corrected chi connectivity index (χ0v) is 15.6. The second-order valence-corrected chi connectivity index (χ2v) is 7.96. The first-order valence-electron chi connectivity index (χ1n) is 8.62. The number of nitrogens with zero attached hydrogens (tertiary/aromatic N) is 1. The number of rotatable bonds is 7. The molecule has 1 aliphatic rings. The van der Waals surface area contributed by atoms with Crippen molar-refractivity contribution in [3.05, 3.63) is 64.2 Å². The summed E-state index contributed by atoms with van der Waals surface area (Å²) in [5, 5.41) is 13.5. The molecule has 148 valence electrons. The molecule has 2 aromatic carbocycles. The minimum Gasteiger partial charge on any atom is -0.376 e. The third-order valence-corrected chi connectivity index (χ3v) is 5.65. The van der Waals surface area contributed by atoms with Crippen LogP contribution in [-0.4, -0.2) is 38.5 Å². The Balaban J connectivity index is 1.68. The van der Waals surface area contributed by atoms with E-state index in [-0.39, 0.29) is 28.3 Å². The van der Waals surface area contributed by atoms with Crippen LogP contribution in [0, 0.1) is 10.1 Å². The number of carbonyl (C=O) groups is 1. The molecule has 0 aliphatic carbocycles.